The minimum Gasteiger partial charge on any atom is -0.454 e. The molecular formula is C15H22N2O5S. The lowest BCUT2D eigenvalue weighted by Crippen LogP contribution is -2.42. The van der Waals surface area contributed by atoms with Crippen LogP contribution in [0.25, 0.3) is 0 Å². The van der Waals surface area contributed by atoms with Crippen molar-refractivity contribution in [2.45, 2.75) is 20.4 Å². The molecule has 0 aromatic heterocycles. The quantitative estimate of drug-likeness (QED) is 0.740. The second kappa shape index (κ2) is 7.18. The van der Waals surface area contributed by atoms with Crippen LogP contribution in [0.4, 0.5) is 0 Å². The molecule has 8 heteroatoms. The summed E-state index contributed by atoms with van der Waals surface area (Å²) in [5.74, 6) is 1.02. The Morgan fingerprint density at radius 1 is 1.17 bits per heavy atom. The molecule has 1 aromatic rings. The molecule has 1 aromatic carbocycles. The molecule has 0 unspecified atom stereocenters. The fourth-order valence-electron chi connectivity index (χ4n) is 2.36. The van der Waals surface area contributed by atoms with Gasteiger partial charge >= 0.3 is 0 Å². The highest BCUT2D eigenvalue weighted by atomic mass is 32.2. The van der Waals surface area contributed by atoms with Crippen LogP contribution in [-0.2, 0) is 21.4 Å². The smallest absolute Gasteiger partial charge is 0.237 e. The predicted molar refractivity (Wildman–Crippen MR) is 85.7 cm³/mol. The number of benzene rings is 1. The molecule has 0 radical (unpaired) electrons. The number of likely N-dealkylation sites (N-methyl/N-ethyl adjacent to an activating group) is 1. The molecule has 7 nitrogen and oxygen atoms in total. The molecule has 0 spiro atoms. The summed E-state index contributed by atoms with van der Waals surface area (Å²) in [6.07, 6.45) is 1.11. The van der Waals surface area contributed by atoms with Crippen molar-refractivity contribution < 1.29 is 22.7 Å². The lowest BCUT2D eigenvalue weighted by atomic mass is 10.2. The van der Waals surface area contributed by atoms with Crippen LogP contribution in [0.2, 0.25) is 0 Å². The molecule has 0 saturated heterocycles. The lowest BCUT2D eigenvalue weighted by Gasteiger charge is -2.24. The van der Waals surface area contributed by atoms with Gasteiger partial charge < -0.3 is 14.4 Å². The van der Waals surface area contributed by atoms with Crippen molar-refractivity contribution in [3.8, 4) is 11.5 Å². The number of carbonyl (C=O) groups is 1. The molecule has 0 fully saturated rings. The van der Waals surface area contributed by atoms with Gasteiger partial charge in [0.2, 0.25) is 22.7 Å². The second-order valence-electron chi connectivity index (χ2n) is 5.28. The first kappa shape index (κ1) is 17.6. The number of nitrogens with zero attached hydrogens (tertiary/aromatic N) is 2. The number of sulfonamides is 1. The van der Waals surface area contributed by atoms with E-state index in [9.17, 15) is 13.2 Å². The third-order valence-electron chi connectivity index (χ3n) is 3.69. The van der Waals surface area contributed by atoms with E-state index in [0.29, 0.717) is 24.6 Å². The first-order valence-electron chi connectivity index (χ1n) is 7.46. The monoisotopic (exact) mass is 342 g/mol. The summed E-state index contributed by atoms with van der Waals surface area (Å²) in [7, 11) is -3.51. The Hall–Kier alpha value is -1.80. The van der Waals surface area contributed by atoms with E-state index in [4.69, 9.17) is 9.47 Å². The SMILES string of the molecule is CCN(CC)C(=O)CN(Cc1ccc2c(c1)OCO2)S(C)(=O)=O. The second-order valence-corrected chi connectivity index (χ2v) is 7.27. The van der Waals surface area contributed by atoms with Crippen LogP contribution in [0.3, 0.4) is 0 Å². The highest BCUT2D eigenvalue weighted by Crippen LogP contribution is 2.32. The van der Waals surface area contributed by atoms with Gasteiger partial charge in [0.15, 0.2) is 11.5 Å². The summed E-state index contributed by atoms with van der Waals surface area (Å²) in [5, 5.41) is 0. The van der Waals surface area contributed by atoms with E-state index in [2.05, 4.69) is 0 Å². The van der Waals surface area contributed by atoms with Gasteiger partial charge in [-0.3, -0.25) is 4.79 Å². The minimum absolute atomic E-state index is 0.114. The molecular weight excluding hydrogens is 320 g/mol. The molecule has 128 valence electrons. The Balaban J connectivity index is 2.15. The summed E-state index contributed by atoms with van der Waals surface area (Å²) < 4.78 is 35.7. The minimum atomic E-state index is -3.51. The fourth-order valence-corrected chi connectivity index (χ4v) is 3.09. The van der Waals surface area contributed by atoms with E-state index in [1.54, 1.807) is 23.1 Å². The maximum absolute atomic E-state index is 12.2. The molecule has 2 rings (SSSR count). The zero-order valence-corrected chi connectivity index (χ0v) is 14.4. The van der Waals surface area contributed by atoms with Crippen molar-refractivity contribution in [2.24, 2.45) is 0 Å². The largest absolute Gasteiger partial charge is 0.454 e. The summed E-state index contributed by atoms with van der Waals surface area (Å²) in [6, 6.07) is 5.25. The van der Waals surface area contributed by atoms with E-state index >= 15 is 0 Å². The number of hydrogen-bond donors (Lipinski definition) is 0. The first-order chi connectivity index (χ1) is 10.8. The zero-order chi connectivity index (χ0) is 17.0. The van der Waals surface area contributed by atoms with E-state index in [-0.39, 0.29) is 25.8 Å². The molecule has 0 bridgehead atoms. The van der Waals surface area contributed by atoms with E-state index in [1.807, 2.05) is 13.8 Å². The van der Waals surface area contributed by atoms with Gasteiger partial charge in [0, 0.05) is 19.6 Å². The summed E-state index contributed by atoms with van der Waals surface area (Å²) in [5.41, 5.74) is 0.743. The maximum Gasteiger partial charge on any atom is 0.237 e. The molecule has 0 aliphatic carbocycles. The standard InChI is InChI=1S/C15H22N2O5S/c1-4-16(5-2)15(18)10-17(23(3,19)20)9-12-6-7-13-14(8-12)22-11-21-13/h6-8H,4-5,9-11H2,1-3H3. The molecule has 1 amide bonds. The van der Waals surface area contributed by atoms with Gasteiger partial charge in [-0.1, -0.05) is 6.07 Å². The van der Waals surface area contributed by atoms with Gasteiger partial charge in [-0.2, -0.15) is 4.31 Å². The Bertz CT molecular complexity index is 670. The predicted octanol–water partition coefficient (Wildman–Crippen LogP) is 1.05. The summed E-state index contributed by atoms with van der Waals surface area (Å²) >= 11 is 0. The number of hydrogen-bond acceptors (Lipinski definition) is 5. The number of carbonyl (C=O) groups excluding carboxylic acids is 1. The molecule has 1 aliphatic rings. The van der Waals surface area contributed by atoms with Crippen molar-refractivity contribution in [3.05, 3.63) is 23.8 Å². The van der Waals surface area contributed by atoms with Crippen LogP contribution in [-0.4, -0.2) is 56.2 Å². The van der Waals surface area contributed by atoms with Crippen molar-refractivity contribution in [1.29, 1.82) is 0 Å². The van der Waals surface area contributed by atoms with Gasteiger partial charge in [0.05, 0.1) is 12.8 Å². The van der Waals surface area contributed by atoms with Gasteiger partial charge in [-0.15, -0.1) is 0 Å². The molecule has 1 heterocycles. The topological polar surface area (TPSA) is 76.2 Å². The highest BCUT2D eigenvalue weighted by Gasteiger charge is 2.23. The van der Waals surface area contributed by atoms with Crippen molar-refractivity contribution >= 4 is 15.9 Å². The van der Waals surface area contributed by atoms with Crippen LogP contribution in [0.1, 0.15) is 19.4 Å². The van der Waals surface area contributed by atoms with Crippen LogP contribution >= 0.6 is 0 Å². The van der Waals surface area contributed by atoms with Crippen molar-refractivity contribution in [1.82, 2.24) is 9.21 Å². The third-order valence-corrected chi connectivity index (χ3v) is 4.89. The highest BCUT2D eigenvalue weighted by molar-refractivity contribution is 7.88. The molecule has 23 heavy (non-hydrogen) atoms. The van der Waals surface area contributed by atoms with Crippen LogP contribution in [0, 0.1) is 0 Å². The fraction of sp³-hybridized carbons (Fsp3) is 0.533. The third kappa shape index (κ3) is 4.35. The van der Waals surface area contributed by atoms with Crippen molar-refractivity contribution in [3.63, 3.8) is 0 Å². The normalized spacial score (nSPS) is 13.4. The maximum atomic E-state index is 12.2. The Kier molecular flexibility index (Phi) is 5.48. The lowest BCUT2D eigenvalue weighted by molar-refractivity contribution is -0.131. The molecule has 0 saturated carbocycles. The number of ether oxygens (including phenoxy) is 2. The first-order valence-corrected chi connectivity index (χ1v) is 9.31. The zero-order valence-electron chi connectivity index (χ0n) is 13.6. The Morgan fingerprint density at radius 3 is 2.43 bits per heavy atom. The average Bonchev–Trinajstić information content (AvgIpc) is 2.94. The van der Waals surface area contributed by atoms with Gasteiger partial charge in [-0.05, 0) is 31.5 Å². The summed E-state index contributed by atoms with van der Waals surface area (Å²) in [4.78, 5) is 13.8. The van der Waals surface area contributed by atoms with Gasteiger partial charge in [-0.25, -0.2) is 8.42 Å². The molecule has 0 atom stereocenters. The van der Waals surface area contributed by atoms with E-state index in [1.165, 1.54) is 4.31 Å². The van der Waals surface area contributed by atoms with Crippen molar-refractivity contribution in [2.75, 3.05) is 32.7 Å². The Morgan fingerprint density at radius 2 is 1.83 bits per heavy atom. The Labute approximate surface area is 136 Å². The molecule has 0 N–H and O–H groups in total. The number of amides is 1. The van der Waals surface area contributed by atoms with Gasteiger partial charge in [0.1, 0.15) is 0 Å². The van der Waals surface area contributed by atoms with Crippen LogP contribution in [0.5, 0.6) is 11.5 Å². The number of fused-ring (bicyclic) bond motifs is 1. The van der Waals surface area contributed by atoms with Crippen LogP contribution < -0.4 is 9.47 Å². The number of rotatable bonds is 7. The van der Waals surface area contributed by atoms with E-state index < -0.39 is 10.0 Å². The van der Waals surface area contributed by atoms with Gasteiger partial charge in [0.25, 0.3) is 0 Å². The average molecular weight is 342 g/mol. The van der Waals surface area contributed by atoms with Crippen LogP contribution in [0.15, 0.2) is 18.2 Å². The van der Waals surface area contributed by atoms with E-state index in [0.717, 1.165) is 11.8 Å². The molecule has 1 aliphatic heterocycles. The summed E-state index contributed by atoms with van der Waals surface area (Å²) in [6.45, 7) is 4.94.